The zero-order chi connectivity index (χ0) is 35.0. The minimum Gasteiger partial charge on any atom is -0.480 e. The smallest absolute Gasteiger partial charge is 0.480 e. The van der Waals surface area contributed by atoms with Crippen molar-refractivity contribution in [2.24, 2.45) is 16.4 Å². The fraction of sp³-hybridized carbons (Fsp3) is 0.871. The van der Waals surface area contributed by atoms with Gasteiger partial charge in [0.1, 0.15) is 6.04 Å². The van der Waals surface area contributed by atoms with Crippen LogP contribution in [0.2, 0.25) is 0 Å². The van der Waals surface area contributed by atoms with E-state index >= 15 is 0 Å². The van der Waals surface area contributed by atoms with Crippen LogP contribution in [0.25, 0.3) is 0 Å². The van der Waals surface area contributed by atoms with E-state index in [2.05, 4.69) is 18.6 Å². The van der Waals surface area contributed by atoms with Crippen molar-refractivity contribution in [2.75, 3.05) is 20.3 Å². The topological polar surface area (TPSA) is 186 Å². The molecular weight excluding hydrogens is 621 g/mol. The first-order chi connectivity index (χ1) is 21.8. The largest absolute Gasteiger partial charge is 0.510 e. The van der Waals surface area contributed by atoms with Gasteiger partial charge in [0.25, 0.3) is 0 Å². The highest BCUT2D eigenvalue weighted by Crippen LogP contribution is 2.53. The normalized spacial score (nSPS) is 15.0. The third-order valence-electron chi connectivity index (χ3n) is 6.95. The Balaban J connectivity index is 5.65. The summed E-state index contributed by atoms with van der Waals surface area (Å²) in [7, 11) is -3.36. The van der Waals surface area contributed by atoms with Crippen molar-refractivity contribution < 1.29 is 52.1 Å². The second kappa shape index (κ2) is 25.5. The lowest BCUT2D eigenvalue weighted by Crippen LogP contribution is -2.48. The van der Waals surface area contributed by atoms with Gasteiger partial charge in [0.2, 0.25) is 18.5 Å². The summed E-state index contributed by atoms with van der Waals surface area (Å²) in [5.74, 6) is -2.07. The lowest BCUT2D eigenvalue weighted by molar-refractivity contribution is -0.143. The lowest BCUT2D eigenvalue weighted by Gasteiger charge is -2.30. The summed E-state index contributed by atoms with van der Waals surface area (Å²) < 4.78 is 49.7. The average Bonchev–Trinajstić information content (AvgIpc) is 2.98. The van der Waals surface area contributed by atoms with E-state index in [-0.39, 0.29) is 26.1 Å². The monoisotopic (exact) mass is 681 g/mol. The highest BCUT2D eigenvalue weighted by Gasteiger charge is 2.37. The van der Waals surface area contributed by atoms with Gasteiger partial charge in [0.05, 0.1) is 13.2 Å². The molecular formula is C31H60N3O11P. The number of rotatable bonds is 26. The molecule has 0 heterocycles. The van der Waals surface area contributed by atoms with Gasteiger partial charge in [0, 0.05) is 19.9 Å². The van der Waals surface area contributed by atoms with Gasteiger partial charge in [-0.2, -0.15) is 0 Å². The first-order valence-electron chi connectivity index (χ1n) is 16.8. The van der Waals surface area contributed by atoms with Crippen LogP contribution in [0.5, 0.6) is 0 Å². The molecule has 0 rings (SSSR count). The van der Waals surface area contributed by atoms with Crippen molar-refractivity contribution in [1.29, 1.82) is 0 Å². The summed E-state index contributed by atoms with van der Waals surface area (Å²) in [6, 6.07) is -1.12. The summed E-state index contributed by atoms with van der Waals surface area (Å²) in [6.07, 6.45) is 7.09. The van der Waals surface area contributed by atoms with Crippen molar-refractivity contribution in [3.8, 4) is 0 Å². The first kappa shape index (κ1) is 43.4. The third-order valence-corrected chi connectivity index (χ3v) is 8.40. The number of likely N-dealkylation sites (N-methyl/N-ethyl adjacent to an activating group) is 1. The standard InChI is InChI=1S/C31H60N3O11P/c1-8-12-14-16-18-20-22-40-30(37)42-25(10-3)44-46(39,33-29(32)34(7)27(24(5)6)28(35)36)45-26(11-4)43-31(38)41-23-21-19-17-15-13-9-2/h24-27H,8-23H2,1-7H3,(H,35,36)(H2,32,33,39). The Kier molecular flexibility index (Phi) is 24.1. The molecule has 3 N–H and O–H groups in total. The summed E-state index contributed by atoms with van der Waals surface area (Å²) in [4.78, 5) is 37.7. The average molecular weight is 682 g/mol. The number of unbranched alkanes of at least 4 members (excludes halogenated alkanes) is 10. The molecule has 0 aromatic carbocycles. The fourth-order valence-electron chi connectivity index (χ4n) is 4.32. The van der Waals surface area contributed by atoms with Crippen molar-refractivity contribution in [3.05, 3.63) is 0 Å². The molecule has 46 heavy (non-hydrogen) atoms. The number of carboxylic acids is 1. The molecule has 0 radical (unpaired) electrons. The lowest BCUT2D eigenvalue weighted by atomic mass is 10.0. The number of nitrogens with zero attached hydrogens (tertiary/aromatic N) is 2. The SMILES string of the molecule is CCCCCCCCOC(=O)OC(CC)OP(=O)(N=C(N)N(C)C(C(=O)O)C(C)C)OC(CC)OC(=O)OCCCCCCCC. The van der Waals surface area contributed by atoms with Crippen LogP contribution in [0.4, 0.5) is 9.59 Å². The molecule has 270 valence electrons. The quantitative estimate of drug-likeness (QED) is 0.0224. The van der Waals surface area contributed by atoms with Gasteiger partial charge < -0.3 is 34.7 Å². The Hall–Kier alpha value is -2.57. The molecule has 0 aliphatic heterocycles. The van der Waals surface area contributed by atoms with E-state index in [9.17, 15) is 24.1 Å². The van der Waals surface area contributed by atoms with Gasteiger partial charge in [-0.05, 0) is 18.8 Å². The van der Waals surface area contributed by atoms with E-state index in [0.29, 0.717) is 12.8 Å². The molecule has 0 aromatic heterocycles. The number of aliphatic carboxylic acids is 1. The summed E-state index contributed by atoms with van der Waals surface area (Å²) >= 11 is 0. The highest BCUT2D eigenvalue weighted by atomic mass is 31.2. The van der Waals surface area contributed by atoms with Gasteiger partial charge in [-0.3, -0.25) is 0 Å². The number of hydrogen-bond donors (Lipinski definition) is 2. The minimum atomic E-state index is -4.72. The Labute approximate surface area is 275 Å². The second-order valence-corrected chi connectivity index (χ2v) is 13.0. The van der Waals surface area contributed by atoms with Gasteiger partial charge in [-0.1, -0.05) is 106 Å². The maximum atomic E-state index is 14.0. The van der Waals surface area contributed by atoms with E-state index in [0.717, 1.165) is 69.1 Å². The number of nitrogens with two attached hydrogens (primary N) is 1. The van der Waals surface area contributed by atoms with Crippen LogP contribution in [0.3, 0.4) is 0 Å². The molecule has 0 bridgehead atoms. The van der Waals surface area contributed by atoms with Crippen LogP contribution in [0.1, 0.15) is 131 Å². The summed E-state index contributed by atoms with van der Waals surface area (Å²) in [5, 5.41) is 9.69. The minimum absolute atomic E-state index is 0.0203. The first-order valence-corrected chi connectivity index (χ1v) is 18.3. The molecule has 0 aliphatic rings. The van der Waals surface area contributed by atoms with Crippen LogP contribution in [0, 0.1) is 5.92 Å². The number of carbonyl (C=O) groups excluding carboxylic acids is 2. The number of carbonyl (C=O) groups is 3. The Morgan fingerprint density at radius 2 is 1.13 bits per heavy atom. The van der Waals surface area contributed by atoms with E-state index < -0.39 is 56.5 Å². The molecule has 15 heteroatoms. The molecule has 0 saturated heterocycles. The van der Waals surface area contributed by atoms with Gasteiger partial charge >= 0.3 is 26.0 Å². The molecule has 3 atom stereocenters. The van der Waals surface area contributed by atoms with Crippen molar-refractivity contribution in [1.82, 2.24) is 4.90 Å². The van der Waals surface area contributed by atoms with E-state index in [4.69, 9.17) is 33.7 Å². The van der Waals surface area contributed by atoms with Crippen LogP contribution in [-0.2, 0) is 37.4 Å². The predicted molar refractivity (Wildman–Crippen MR) is 175 cm³/mol. The van der Waals surface area contributed by atoms with Crippen molar-refractivity contribution in [2.45, 2.75) is 150 Å². The van der Waals surface area contributed by atoms with Crippen molar-refractivity contribution in [3.63, 3.8) is 0 Å². The summed E-state index contributed by atoms with van der Waals surface area (Å²) in [6.45, 7) is 11.1. The molecule has 0 fully saturated rings. The maximum absolute atomic E-state index is 14.0. The molecule has 0 saturated carbocycles. The Morgan fingerprint density at radius 3 is 1.48 bits per heavy atom. The molecule has 0 aromatic rings. The van der Waals surface area contributed by atoms with E-state index in [1.807, 2.05) is 0 Å². The number of hydrogen-bond acceptors (Lipinski definition) is 10. The summed E-state index contributed by atoms with van der Waals surface area (Å²) in [5.41, 5.74) is 6.08. The number of ether oxygens (including phenoxy) is 4. The highest BCUT2D eigenvalue weighted by molar-refractivity contribution is 7.52. The van der Waals surface area contributed by atoms with E-state index in [1.54, 1.807) is 27.7 Å². The molecule has 0 spiro atoms. The molecule has 3 unspecified atom stereocenters. The Bertz CT molecular complexity index is 889. The van der Waals surface area contributed by atoms with E-state index in [1.165, 1.54) is 7.05 Å². The molecule has 14 nitrogen and oxygen atoms in total. The Morgan fingerprint density at radius 1 is 0.739 bits per heavy atom. The number of carboxylic acid groups (broad SMARTS) is 1. The van der Waals surface area contributed by atoms with Crippen LogP contribution in [-0.4, -0.2) is 73.1 Å². The predicted octanol–water partition coefficient (Wildman–Crippen LogP) is 7.98. The van der Waals surface area contributed by atoms with Gasteiger partial charge in [-0.25, -0.2) is 28.0 Å². The fourth-order valence-corrected chi connectivity index (χ4v) is 5.84. The molecule has 0 amide bonds. The van der Waals surface area contributed by atoms with Crippen LogP contribution < -0.4 is 5.73 Å². The van der Waals surface area contributed by atoms with Gasteiger partial charge in [-0.15, -0.1) is 4.76 Å². The third kappa shape index (κ3) is 19.8. The zero-order valence-corrected chi connectivity index (χ0v) is 30.0. The number of guanidine groups is 1. The maximum Gasteiger partial charge on any atom is 0.510 e. The van der Waals surface area contributed by atoms with Crippen LogP contribution in [0.15, 0.2) is 4.76 Å². The van der Waals surface area contributed by atoms with Crippen molar-refractivity contribution >= 4 is 32.0 Å². The van der Waals surface area contributed by atoms with Gasteiger partial charge in [0.15, 0.2) is 0 Å². The molecule has 0 aliphatic carbocycles. The second-order valence-electron chi connectivity index (χ2n) is 11.4. The zero-order valence-electron chi connectivity index (χ0n) is 29.1. The van der Waals surface area contributed by atoms with Crippen LogP contribution >= 0.6 is 7.75 Å².